The van der Waals surface area contributed by atoms with Crippen LogP contribution in [0.25, 0.3) is 0 Å². The average Bonchev–Trinajstić information content (AvgIpc) is 2.86. The highest BCUT2D eigenvalue weighted by Crippen LogP contribution is 2.36. The number of likely N-dealkylation sites (N-methyl/N-ethyl adjacent to an activating group) is 2. The van der Waals surface area contributed by atoms with Crippen LogP contribution in [0.1, 0.15) is 30.1 Å². The molecule has 3 amide bonds. The number of nitrogens with zero attached hydrogens (tertiary/aromatic N) is 4. The van der Waals surface area contributed by atoms with Crippen LogP contribution in [0.4, 0.5) is 17.2 Å². The lowest BCUT2D eigenvalue weighted by atomic mass is 10.1. The average molecular weight is 409 g/mol. The van der Waals surface area contributed by atoms with Gasteiger partial charge in [-0.15, -0.1) is 0 Å². The highest BCUT2D eigenvalue weighted by molar-refractivity contribution is 6.17. The largest absolute Gasteiger partial charge is 0.342 e. The lowest BCUT2D eigenvalue weighted by molar-refractivity contribution is -0.133. The molecule has 0 radical (unpaired) electrons. The lowest BCUT2D eigenvalue weighted by Gasteiger charge is -2.25. The van der Waals surface area contributed by atoms with Crippen molar-refractivity contribution in [1.82, 2.24) is 14.8 Å². The quantitative estimate of drug-likeness (QED) is 0.759. The number of anilines is 3. The molecule has 158 valence electrons. The number of aromatic nitrogens is 1. The molecule has 0 saturated heterocycles. The van der Waals surface area contributed by atoms with Crippen molar-refractivity contribution in [2.75, 3.05) is 43.9 Å². The van der Waals surface area contributed by atoms with E-state index in [4.69, 9.17) is 0 Å². The van der Waals surface area contributed by atoms with Gasteiger partial charge in [-0.2, -0.15) is 0 Å². The third kappa shape index (κ3) is 4.65. The Kier molecular flexibility index (Phi) is 6.79. The molecule has 2 heterocycles. The Morgan fingerprint density at radius 3 is 2.57 bits per heavy atom. The molecule has 1 N–H and O–H groups in total. The summed E-state index contributed by atoms with van der Waals surface area (Å²) in [5.41, 5.74) is 1.31. The first-order valence-corrected chi connectivity index (χ1v) is 10.0. The summed E-state index contributed by atoms with van der Waals surface area (Å²) in [5.74, 6) is -0.289. The smallest absolute Gasteiger partial charge is 0.257 e. The SMILES string of the molecule is CCN(CCN(C)C)C(=O)CCC(=O)N1c2ccccc2C(=O)Nc2cccnc21. The Hall–Kier alpha value is -3.26. The summed E-state index contributed by atoms with van der Waals surface area (Å²) in [4.78, 5) is 48.0. The van der Waals surface area contributed by atoms with E-state index >= 15 is 0 Å². The molecule has 1 aliphatic rings. The fraction of sp³-hybridized carbons (Fsp3) is 0.364. The van der Waals surface area contributed by atoms with E-state index < -0.39 is 0 Å². The van der Waals surface area contributed by atoms with Crippen molar-refractivity contribution in [2.45, 2.75) is 19.8 Å². The maximum absolute atomic E-state index is 13.2. The first-order valence-electron chi connectivity index (χ1n) is 10.0. The molecular weight excluding hydrogens is 382 g/mol. The summed E-state index contributed by atoms with van der Waals surface area (Å²) < 4.78 is 0. The van der Waals surface area contributed by atoms with Gasteiger partial charge in [0.1, 0.15) is 0 Å². The molecule has 3 rings (SSSR count). The number of amides is 3. The van der Waals surface area contributed by atoms with E-state index in [2.05, 4.69) is 10.3 Å². The third-order valence-corrected chi connectivity index (χ3v) is 4.99. The summed E-state index contributed by atoms with van der Waals surface area (Å²) in [6.45, 7) is 3.90. The van der Waals surface area contributed by atoms with Gasteiger partial charge in [0.05, 0.1) is 16.9 Å². The van der Waals surface area contributed by atoms with Gasteiger partial charge in [0.15, 0.2) is 5.82 Å². The fourth-order valence-electron chi connectivity index (χ4n) is 3.35. The zero-order valence-corrected chi connectivity index (χ0v) is 17.6. The van der Waals surface area contributed by atoms with Crippen molar-refractivity contribution in [3.05, 3.63) is 48.2 Å². The number of pyridine rings is 1. The second kappa shape index (κ2) is 9.49. The molecule has 2 aromatic rings. The molecule has 1 aromatic heterocycles. The standard InChI is InChI=1S/C22H27N5O3/c1-4-26(15-14-25(2)3)19(28)11-12-20(29)27-18-10-6-5-8-16(18)22(30)24-17-9-7-13-23-21(17)27/h5-10,13H,4,11-12,14-15H2,1-3H3,(H,24,30). The molecule has 0 fully saturated rings. The normalized spacial score (nSPS) is 12.7. The summed E-state index contributed by atoms with van der Waals surface area (Å²) in [6, 6.07) is 10.3. The molecule has 0 unspecified atom stereocenters. The first kappa shape index (κ1) is 21.4. The second-order valence-corrected chi connectivity index (χ2v) is 7.35. The maximum atomic E-state index is 13.2. The Morgan fingerprint density at radius 1 is 1.07 bits per heavy atom. The Balaban J connectivity index is 1.82. The molecule has 0 atom stereocenters. The lowest BCUT2D eigenvalue weighted by Crippen LogP contribution is -2.37. The van der Waals surface area contributed by atoms with Gasteiger partial charge < -0.3 is 15.1 Å². The molecule has 1 aromatic carbocycles. The van der Waals surface area contributed by atoms with Crippen LogP contribution in [0.5, 0.6) is 0 Å². The van der Waals surface area contributed by atoms with Crippen LogP contribution >= 0.6 is 0 Å². The van der Waals surface area contributed by atoms with Crippen LogP contribution in [0.3, 0.4) is 0 Å². The number of fused-ring (bicyclic) bond motifs is 2. The van der Waals surface area contributed by atoms with Crippen LogP contribution in [-0.2, 0) is 9.59 Å². The van der Waals surface area contributed by atoms with Crippen molar-refractivity contribution in [3.63, 3.8) is 0 Å². The number of para-hydroxylation sites is 1. The number of rotatable bonds is 7. The molecule has 0 bridgehead atoms. The predicted molar refractivity (Wildman–Crippen MR) is 116 cm³/mol. The van der Waals surface area contributed by atoms with Crippen molar-refractivity contribution in [2.24, 2.45) is 0 Å². The summed E-state index contributed by atoms with van der Waals surface area (Å²) >= 11 is 0. The molecule has 0 aliphatic carbocycles. The van der Waals surface area contributed by atoms with E-state index in [9.17, 15) is 14.4 Å². The van der Waals surface area contributed by atoms with Crippen molar-refractivity contribution >= 4 is 34.9 Å². The fourth-order valence-corrected chi connectivity index (χ4v) is 3.35. The van der Waals surface area contributed by atoms with Gasteiger partial charge in [0.2, 0.25) is 11.8 Å². The summed E-state index contributed by atoms with van der Waals surface area (Å²) in [5, 5.41) is 2.81. The van der Waals surface area contributed by atoms with Gasteiger partial charge in [-0.3, -0.25) is 19.3 Å². The Bertz CT molecular complexity index is 944. The first-order chi connectivity index (χ1) is 14.4. The van der Waals surface area contributed by atoms with E-state index in [0.717, 1.165) is 6.54 Å². The Labute approximate surface area is 176 Å². The van der Waals surface area contributed by atoms with E-state index in [-0.39, 0.29) is 30.6 Å². The highest BCUT2D eigenvalue weighted by Gasteiger charge is 2.30. The number of hydrogen-bond acceptors (Lipinski definition) is 5. The molecule has 8 nitrogen and oxygen atoms in total. The van der Waals surface area contributed by atoms with Crippen molar-refractivity contribution in [3.8, 4) is 0 Å². The van der Waals surface area contributed by atoms with Gasteiger partial charge >= 0.3 is 0 Å². The second-order valence-electron chi connectivity index (χ2n) is 7.35. The zero-order chi connectivity index (χ0) is 21.7. The van der Waals surface area contributed by atoms with E-state index in [1.54, 1.807) is 47.5 Å². The van der Waals surface area contributed by atoms with E-state index in [0.29, 0.717) is 35.8 Å². The van der Waals surface area contributed by atoms with Crippen LogP contribution in [0.2, 0.25) is 0 Å². The van der Waals surface area contributed by atoms with E-state index in [1.807, 2.05) is 25.9 Å². The molecular formula is C22H27N5O3. The van der Waals surface area contributed by atoms with Crippen molar-refractivity contribution in [1.29, 1.82) is 0 Å². The van der Waals surface area contributed by atoms with Crippen LogP contribution in [0.15, 0.2) is 42.6 Å². The number of carbonyl (C=O) groups excluding carboxylic acids is 3. The van der Waals surface area contributed by atoms with Gasteiger partial charge in [0, 0.05) is 38.7 Å². The molecule has 8 heteroatoms. The number of nitrogens with one attached hydrogen (secondary N) is 1. The molecule has 0 spiro atoms. The zero-order valence-electron chi connectivity index (χ0n) is 17.6. The molecule has 0 saturated carbocycles. The van der Waals surface area contributed by atoms with Gasteiger partial charge in [-0.05, 0) is 45.3 Å². The minimum atomic E-state index is -0.299. The van der Waals surface area contributed by atoms with Gasteiger partial charge in [-0.1, -0.05) is 12.1 Å². The number of carbonyl (C=O) groups is 3. The van der Waals surface area contributed by atoms with Gasteiger partial charge in [-0.25, -0.2) is 4.98 Å². The molecule has 1 aliphatic heterocycles. The Morgan fingerprint density at radius 2 is 1.83 bits per heavy atom. The summed E-state index contributed by atoms with van der Waals surface area (Å²) in [7, 11) is 3.91. The third-order valence-electron chi connectivity index (χ3n) is 4.99. The van der Waals surface area contributed by atoms with E-state index in [1.165, 1.54) is 4.90 Å². The van der Waals surface area contributed by atoms with Crippen LogP contribution in [-0.4, -0.2) is 66.2 Å². The number of hydrogen-bond donors (Lipinski definition) is 1. The summed E-state index contributed by atoms with van der Waals surface area (Å²) in [6.07, 6.45) is 1.70. The number of benzene rings is 1. The minimum Gasteiger partial charge on any atom is -0.342 e. The van der Waals surface area contributed by atoms with Crippen molar-refractivity contribution < 1.29 is 14.4 Å². The van der Waals surface area contributed by atoms with Gasteiger partial charge in [0.25, 0.3) is 5.91 Å². The minimum absolute atomic E-state index is 0.0236. The van der Waals surface area contributed by atoms with Crippen LogP contribution < -0.4 is 10.2 Å². The highest BCUT2D eigenvalue weighted by atomic mass is 16.2. The predicted octanol–water partition coefficient (Wildman–Crippen LogP) is 2.50. The monoisotopic (exact) mass is 409 g/mol. The topological polar surface area (TPSA) is 85.9 Å². The maximum Gasteiger partial charge on any atom is 0.257 e. The van der Waals surface area contributed by atoms with Crippen LogP contribution in [0, 0.1) is 0 Å². The molecule has 30 heavy (non-hydrogen) atoms.